The molecular weight excluding hydrogens is 349 g/mol. The highest BCUT2D eigenvalue weighted by Crippen LogP contribution is 2.29. The van der Waals surface area contributed by atoms with E-state index in [1.165, 1.54) is 23.5 Å². The molecule has 0 unspecified atom stereocenters. The lowest BCUT2D eigenvalue weighted by molar-refractivity contribution is 0.627. The first-order valence-corrected chi connectivity index (χ1v) is 6.26. The summed E-state index contributed by atoms with van der Waals surface area (Å²) in [7, 11) is 0. The molecule has 0 amide bonds. The summed E-state index contributed by atoms with van der Waals surface area (Å²) >= 11 is 7.83. The second kappa shape index (κ2) is 4.54. The number of hydrogen-bond acceptors (Lipinski definition) is 4. The second-order valence-corrected chi connectivity index (χ2v) is 5.72. The van der Waals surface area contributed by atoms with Gasteiger partial charge in [-0.15, -0.1) is 10.2 Å². The molecule has 7 heteroatoms. The molecule has 0 fully saturated rings. The number of aromatic nitrogens is 2. The summed E-state index contributed by atoms with van der Waals surface area (Å²) < 4.78 is 14.1. The van der Waals surface area contributed by atoms with Crippen molar-refractivity contribution in [3.8, 4) is 0 Å². The normalized spacial score (nSPS) is 10.3. The van der Waals surface area contributed by atoms with E-state index < -0.39 is 0 Å². The molecule has 1 heterocycles. The van der Waals surface area contributed by atoms with Gasteiger partial charge >= 0.3 is 0 Å². The Balaban J connectivity index is 2.24. The van der Waals surface area contributed by atoms with Crippen molar-refractivity contribution in [3.63, 3.8) is 0 Å². The first kappa shape index (κ1) is 11.0. The average molecular weight is 353 g/mol. The maximum absolute atomic E-state index is 12.8. The van der Waals surface area contributed by atoms with Crippen LogP contribution in [0.15, 0.2) is 26.6 Å². The van der Waals surface area contributed by atoms with Gasteiger partial charge in [-0.2, -0.15) is 0 Å². The molecule has 2 aromatic rings. The lowest BCUT2D eigenvalue weighted by Gasteiger charge is -2.03. The molecule has 15 heavy (non-hydrogen) atoms. The van der Waals surface area contributed by atoms with Crippen LogP contribution in [0.25, 0.3) is 0 Å². The molecule has 1 aromatic carbocycles. The van der Waals surface area contributed by atoms with Crippen molar-refractivity contribution in [2.45, 2.75) is 0 Å². The number of rotatable bonds is 2. The third-order valence-electron chi connectivity index (χ3n) is 1.57. The van der Waals surface area contributed by atoms with Crippen LogP contribution in [-0.2, 0) is 0 Å². The predicted octanol–water partition coefficient (Wildman–Crippen LogP) is 3.95. The van der Waals surface area contributed by atoms with Gasteiger partial charge in [-0.1, -0.05) is 11.3 Å². The van der Waals surface area contributed by atoms with Crippen LogP contribution in [0.5, 0.6) is 0 Å². The summed E-state index contributed by atoms with van der Waals surface area (Å²) in [5, 5.41) is 11.3. The standard InChI is InChI=1S/C8H4Br2FN3S/c9-5-3-4(11)1-2-6(5)12-8-14-13-7(10)15-8/h1-3H,(H,12,14). The number of benzene rings is 1. The van der Waals surface area contributed by atoms with E-state index in [1.54, 1.807) is 6.07 Å². The molecule has 0 saturated heterocycles. The van der Waals surface area contributed by atoms with E-state index in [-0.39, 0.29) is 5.82 Å². The monoisotopic (exact) mass is 351 g/mol. The molecule has 0 saturated carbocycles. The lowest BCUT2D eigenvalue weighted by Crippen LogP contribution is -1.91. The first-order valence-electron chi connectivity index (χ1n) is 3.86. The van der Waals surface area contributed by atoms with Crippen LogP contribution in [0, 0.1) is 5.82 Å². The topological polar surface area (TPSA) is 37.8 Å². The highest BCUT2D eigenvalue weighted by atomic mass is 79.9. The van der Waals surface area contributed by atoms with Crippen LogP contribution in [0.3, 0.4) is 0 Å². The highest BCUT2D eigenvalue weighted by Gasteiger charge is 2.05. The fourth-order valence-electron chi connectivity index (χ4n) is 0.962. The maximum atomic E-state index is 12.8. The van der Waals surface area contributed by atoms with Crippen LogP contribution < -0.4 is 5.32 Å². The summed E-state index contributed by atoms with van der Waals surface area (Å²) in [6.07, 6.45) is 0. The summed E-state index contributed by atoms with van der Waals surface area (Å²) in [6, 6.07) is 4.40. The molecule has 0 aliphatic heterocycles. The Morgan fingerprint density at radius 2 is 2.07 bits per heavy atom. The minimum atomic E-state index is -0.286. The number of hydrogen-bond donors (Lipinski definition) is 1. The smallest absolute Gasteiger partial charge is 0.210 e. The Bertz CT molecular complexity index is 488. The number of halogens is 3. The second-order valence-electron chi connectivity index (χ2n) is 2.61. The summed E-state index contributed by atoms with van der Waals surface area (Å²) in [5.74, 6) is -0.286. The lowest BCUT2D eigenvalue weighted by atomic mass is 10.3. The molecule has 2 rings (SSSR count). The Kier molecular flexibility index (Phi) is 3.32. The van der Waals surface area contributed by atoms with Gasteiger partial charge in [0.1, 0.15) is 5.82 Å². The van der Waals surface area contributed by atoms with Gasteiger partial charge in [0, 0.05) is 4.47 Å². The highest BCUT2D eigenvalue weighted by molar-refractivity contribution is 9.11. The van der Waals surface area contributed by atoms with Gasteiger partial charge in [0.15, 0.2) is 3.92 Å². The third kappa shape index (κ3) is 2.73. The van der Waals surface area contributed by atoms with E-state index in [2.05, 4.69) is 47.4 Å². The van der Waals surface area contributed by atoms with Crippen molar-refractivity contribution in [2.24, 2.45) is 0 Å². The molecule has 0 aliphatic rings. The minimum absolute atomic E-state index is 0.286. The quantitative estimate of drug-likeness (QED) is 0.889. The Hall–Kier alpha value is -0.530. The van der Waals surface area contributed by atoms with Crippen LogP contribution in [0.2, 0.25) is 0 Å². The molecule has 0 spiro atoms. The van der Waals surface area contributed by atoms with Crippen molar-refractivity contribution in [1.29, 1.82) is 0 Å². The molecule has 0 bridgehead atoms. The third-order valence-corrected chi connectivity index (χ3v) is 3.50. The zero-order valence-corrected chi connectivity index (χ0v) is 11.2. The molecule has 1 aromatic heterocycles. The average Bonchev–Trinajstić information content (AvgIpc) is 2.56. The molecule has 0 atom stereocenters. The van der Waals surface area contributed by atoms with E-state index in [0.29, 0.717) is 13.5 Å². The zero-order chi connectivity index (χ0) is 10.8. The maximum Gasteiger partial charge on any atom is 0.210 e. The van der Waals surface area contributed by atoms with Crippen LogP contribution in [0.1, 0.15) is 0 Å². The van der Waals surface area contributed by atoms with Crippen LogP contribution >= 0.6 is 43.2 Å². The van der Waals surface area contributed by atoms with E-state index in [0.717, 1.165) is 5.69 Å². The van der Waals surface area contributed by atoms with Gasteiger partial charge in [0.25, 0.3) is 0 Å². The van der Waals surface area contributed by atoms with E-state index in [9.17, 15) is 4.39 Å². The van der Waals surface area contributed by atoms with Gasteiger partial charge in [-0.25, -0.2) is 4.39 Å². The number of anilines is 2. The number of nitrogens with zero attached hydrogens (tertiary/aromatic N) is 2. The van der Waals surface area contributed by atoms with Crippen LogP contribution in [0.4, 0.5) is 15.2 Å². The van der Waals surface area contributed by atoms with Gasteiger partial charge in [-0.3, -0.25) is 0 Å². The molecule has 3 nitrogen and oxygen atoms in total. The first-order chi connectivity index (χ1) is 7.15. The molecule has 0 radical (unpaired) electrons. The van der Waals surface area contributed by atoms with Gasteiger partial charge in [-0.05, 0) is 50.1 Å². The fraction of sp³-hybridized carbons (Fsp3) is 0. The van der Waals surface area contributed by atoms with Crippen molar-refractivity contribution < 1.29 is 4.39 Å². The Labute approximate surface area is 106 Å². The van der Waals surface area contributed by atoms with Crippen molar-refractivity contribution in [2.75, 3.05) is 5.32 Å². The SMILES string of the molecule is Fc1ccc(Nc2nnc(Br)s2)c(Br)c1. The van der Waals surface area contributed by atoms with E-state index in [4.69, 9.17) is 0 Å². The number of nitrogens with one attached hydrogen (secondary N) is 1. The van der Waals surface area contributed by atoms with Crippen molar-refractivity contribution in [3.05, 3.63) is 32.4 Å². The zero-order valence-electron chi connectivity index (χ0n) is 7.17. The molecule has 0 aliphatic carbocycles. The van der Waals surface area contributed by atoms with Gasteiger partial charge < -0.3 is 5.32 Å². The van der Waals surface area contributed by atoms with Gasteiger partial charge in [0.05, 0.1) is 5.69 Å². The summed E-state index contributed by atoms with van der Waals surface area (Å²) in [4.78, 5) is 0. The predicted molar refractivity (Wildman–Crippen MR) is 65.0 cm³/mol. The minimum Gasteiger partial charge on any atom is -0.329 e. The van der Waals surface area contributed by atoms with E-state index in [1.807, 2.05) is 0 Å². The Morgan fingerprint density at radius 3 is 2.67 bits per heavy atom. The summed E-state index contributed by atoms with van der Waals surface area (Å²) in [6.45, 7) is 0. The van der Waals surface area contributed by atoms with Gasteiger partial charge in [0.2, 0.25) is 5.13 Å². The largest absolute Gasteiger partial charge is 0.329 e. The van der Waals surface area contributed by atoms with Crippen molar-refractivity contribution in [1.82, 2.24) is 10.2 Å². The van der Waals surface area contributed by atoms with Crippen molar-refractivity contribution >= 4 is 54.0 Å². The molecular formula is C8H4Br2FN3S. The molecule has 1 N–H and O–H groups in total. The van der Waals surface area contributed by atoms with E-state index >= 15 is 0 Å². The fourth-order valence-corrected chi connectivity index (χ4v) is 2.43. The Morgan fingerprint density at radius 1 is 1.27 bits per heavy atom. The van der Waals surface area contributed by atoms with Crippen LogP contribution in [-0.4, -0.2) is 10.2 Å². The molecule has 78 valence electrons. The summed E-state index contributed by atoms with van der Waals surface area (Å²) in [5.41, 5.74) is 0.750.